The van der Waals surface area contributed by atoms with E-state index in [1.165, 1.54) is 18.4 Å². The van der Waals surface area contributed by atoms with Gasteiger partial charge in [0.25, 0.3) is 0 Å². The standard InChI is InChI=1S/C22H26N4O3/c1-15-24-21(25-29-15)17-8-5-9-19(12-17)26-14-18(13-20(26)27)22(28)23-11-10-16-6-3-2-4-7-16/h5-6,8-9,12,18H,2-4,7,10-11,13-14H2,1H3,(H,23,28)/t18-/m1/s1. The van der Waals surface area contributed by atoms with E-state index in [1.54, 1.807) is 11.8 Å². The van der Waals surface area contributed by atoms with Crippen LogP contribution in [0.1, 0.15) is 44.4 Å². The summed E-state index contributed by atoms with van der Waals surface area (Å²) in [5.41, 5.74) is 2.97. The normalized spacial score (nSPS) is 19.3. The smallest absolute Gasteiger partial charge is 0.227 e. The number of anilines is 1. The quantitative estimate of drug-likeness (QED) is 0.759. The molecule has 1 fully saturated rings. The predicted octanol–water partition coefficient (Wildman–Crippen LogP) is 3.40. The monoisotopic (exact) mass is 394 g/mol. The van der Waals surface area contributed by atoms with Crippen molar-refractivity contribution < 1.29 is 14.1 Å². The maximum Gasteiger partial charge on any atom is 0.227 e. The molecule has 29 heavy (non-hydrogen) atoms. The van der Waals surface area contributed by atoms with Crippen LogP contribution in [0.25, 0.3) is 11.4 Å². The summed E-state index contributed by atoms with van der Waals surface area (Å²) < 4.78 is 5.04. The van der Waals surface area contributed by atoms with Gasteiger partial charge >= 0.3 is 0 Å². The Hall–Kier alpha value is -2.96. The van der Waals surface area contributed by atoms with Crippen LogP contribution in [0.15, 0.2) is 40.4 Å². The SMILES string of the molecule is Cc1nc(-c2cccc(N3C[C@H](C(=O)NCCC4=CCCCC4)CC3=O)c2)no1. The van der Waals surface area contributed by atoms with Crippen LogP contribution < -0.4 is 10.2 Å². The molecule has 1 atom stereocenters. The Morgan fingerprint density at radius 3 is 3.00 bits per heavy atom. The highest BCUT2D eigenvalue weighted by atomic mass is 16.5. The largest absolute Gasteiger partial charge is 0.355 e. The molecule has 2 heterocycles. The highest BCUT2D eigenvalue weighted by molar-refractivity contribution is 6.00. The lowest BCUT2D eigenvalue weighted by atomic mass is 9.97. The fourth-order valence-corrected chi connectivity index (χ4v) is 3.98. The Labute approximate surface area is 170 Å². The van der Waals surface area contributed by atoms with Gasteiger partial charge in [0, 0.05) is 37.7 Å². The number of nitrogens with zero attached hydrogens (tertiary/aromatic N) is 3. The van der Waals surface area contributed by atoms with Crippen molar-refractivity contribution in [2.45, 2.75) is 45.4 Å². The minimum atomic E-state index is -0.320. The Kier molecular flexibility index (Phi) is 5.74. The average Bonchev–Trinajstić information content (AvgIpc) is 3.35. The Morgan fingerprint density at radius 2 is 2.24 bits per heavy atom. The highest BCUT2D eigenvalue weighted by Crippen LogP contribution is 2.28. The van der Waals surface area contributed by atoms with Crippen LogP contribution in [0, 0.1) is 12.8 Å². The fraction of sp³-hybridized carbons (Fsp3) is 0.455. The van der Waals surface area contributed by atoms with Gasteiger partial charge < -0.3 is 14.7 Å². The van der Waals surface area contributed by atoms with Crippen molar-refractivity contribution in [2.75, 3.05) is 18.0 Å². The van der Waals surface area contributed by atoms with Crippen LogP contribution in [-0.4, -0.2) is 35.0 Å². The van der Waals surface area contributed by atoms with Gasteiger partial charge in [-0.1, -0.05) is 28.9 Å². The van der Waals surface area contributed by atoms with Crippen LogP contribution >= 0.6 is 0 Å². The number of carbonyl (C=O) groups is 2. The van der Waals surface area contributed by atoms with Crippen molar-refractivity contribution in [3.05, 3.63) is 41.8 Å². The minimum absolute atomic E-state index is 0.0396. The van der Waals surface area contributed by atoms with E-state index < -0.39 is 0 Å². The maximum atomic E-state index is 12.6. The molecule has 1 aromatic carbocycles. The average molecular weight is 394 g/mol. The predicted molar refractivity (Wildman–Crippen MR) is 109 cm³/mol. The fourth-order valence-electron chi connectivity index (χ4n) is 3.98. The van der Waals surface area contributed by atoms with Gasteiger partial charge in [-0.15, -0.1) is 0 Å². The molecule has 4 rings (SSSR count). The number of allylic oxidation sites excluding steroid dienone is 1. The molecule has 2 amide bonds. The second kappa shape index (κ2) is 8.59. The molecule has 1 aromatic heterocycles. The number of amides is 2. The first-order valence-corrected chi connectivity index (χ1v) is 10.3. The summed E-state index contributed by atoms with van der Waals surface area (Å²) in [6.45, 7) is 2.77. The molecule has 0 bridgehead atoms. The van der Waals surface area contributed by atoms with E-state index in [-0.39, 0.29) is 24.2 Å². The lowest BCUT2D eigenvalue weighted by Gasteiger charge is -2.17. The summed E-state index contributed by atoms with van der Waals surface area (Å²) in [5, 5.41) is 6.94. The Morgan fingerprint density at radius 1 is 1.34 bits per heavy atom. The molecular formula is C22H26N4O3. The van der Waals surface area contributed by atoms with Crippen LogP contribution in [0.3, 0.4) is 0 Å². The van der Waals surface area contributed by atoms with E-state index in [0.29, 0.717) is 24.8 Å². The van der Waals surface area contributed by atoms with E-state index in [4.69, 9.17) is 4.52 Å². The van der Waals surface area contributed by atoms with Gasteiger partial charge in [-0.3, -0.25) is 9.59 Å². The van der Waals surface area contributed by atoms with Crippen LogP contribution in [0.2, 0.25) is 0 Å². The van der Waals surface area contributed by atoms with E-state index in [9.17, 15) is 9.59 Å². The van der Waals surface area contributed by atoms with E-state index in [0.717, 1.165) is 30.5 Å². The van der Waals surface area contributed by atoms with E-state index >= 15 is 0 Å². The summed E-state index contributed by atoms with van der Waals surface area (Å²) >= 11 is 0. The summed E-state index contributed by atoms with van der Waals surface area (Å²) in [4.78, 5) is 31.0. The van der Waals surface area contributed by atoms with Crippen molar-refractivity contribution in [3.63, 3.8) is 0 Å². The third-order valence-corrected chi connectivity index (χ3v) is 5.57. The number of carbonyl (C=O) groups excluding carboxylic acids is 2. The van der Waals surface area contributed by atoms with Crippen molar-refractivity contribution >= 4 is 17.5 Å². The van der Waals surface area contributed by atoms with Gasteiger partial charge in [-0.05, 0) is 44.2 Å². The lowest BCUT2D eigenvalue weighted by molar-refractivity contribution is -0.126. The molecular weight excluding hydrogens is 368 g/mol. The number of nitrogens with one attached hydrogen (secondary N) is 1. The zero-order valence-electron chi connectivity index (χ0n) is 16.7. The molecule has 2 aliphatic rings. The number of hydrogen-bond acceptors (Lipinski definition) is 5. The molecule has 1 saturated heterocycles. The van der Waals surface area contributed by atoms with Crippen LogP contribution in [0.4, 0.5) is 5.69 Å². The molecule has 0 saturated carbocycles. The number of aryl methyl sites for hydroxylation is 1. The lowest BCUT2D eigenvalue weighted by Crippen LogP contribution is -2.33. The highest BCUT2D eigenvalue weighted by Gasteiger charge is 2.35. The summed E-state index contributed by atoms with van der Waals surface area (Å²) in [5.74, 6) is 0.577. The first kappa shape index (κ1) is 19.4. The van der Waals surface area contributed by atoms with Gasteiger partial charge in [-0.2, -0.15) is 4.98 Å². The molecule has 7 heteroatoms. The summed E-state index contributed by atoms with van der Waals surface area (Å²) in [7, 11) is 0. The van der Waals surface area contributed by atoms with Crippen LogP contribution in [-0.2, 0) is 9.59 Å². The molecule has 1 aliphatic heterocycles. The second-order valence-corrected chi connectivity index (χ2v) is 7.74. The first-order chi connectivity index (χ1) is 14.1. The summed E-state index contributed by atoms with van der Waals surface area (Å²) in [6.07, 6.45) is 8.24. The molecule has 1 aliphatic carbocycles. The van der Waals surface area contributed by atoms with Gasteiger partial charge in [0.1, 0.15) is 0 Å². The molecule has 152 valence electrons. The molecule has 0 unspecified atom stereocenters. The van der Waals surface area contributed by atoms with E-state index in [1.807, 2.05) is 24.3 Å². The van der Waals surface area contributed by atoms with Crippen molar-refractivity contribution in [3.8, 4) is 11.4 Å². The molecule has 7 nitrogen and oxygen atoms in total. The third-order valence-electron chi connectivity index (χ3n) is 5.57. The van der Waals surface area contributed by atoms with E-state index in [2.05, 4.69) is 21.5 Å². The van der Waals surface area contributed by atoms with Gasteiger partial charge in [-0.25, -0.2) is 0 Å². The molecule has 0 radical (unpaired) electrons. The summed E-state index contributed by atoms with van der Waals surface area (Å²) in [6, 6.07) is 7.45. The minimum Gasteiger partial charge on any atom is -0.355 e. The van der Waals surface area contributed by atoms with Crippen molar-refractivity contribution in [1.29, 1.82) is 0 Å². The first-order valence-electron chi connectivity index (χ1n) is 10.3. The maximum absolute atomic E-state index is 12.6. The molecule has 1 N–H and O–H groups in total. The van der Waals surface area contributed by atoms with Gasteiger partial charge in [0.2, 0.25) is 23.5 Å². The zero-order valence-corrected chi connectivity index (χ0v) is 16.7. The van der Waals surface area contributed by atoms with Crippen LogP contribution in [0.5, 0.6) is 0 Å². The number of rotatable bonds is 6. The number of benzene rings is 1. The number of aromatic nitrogens is 2. The van der Waals surface area contributed by atoms with Gasteiger partial charge in [0.15, 0.2) is 0 Å². The topological polar surface area (TPSA) is 88.3 Å². The Balaban J connectivity index is 1.36. The van der Waals surface area contributed by atoms with Crippen molar-refractivity contribution in [1.82, 2.24) is 15.5 Å². The van der Waals surface area contributed by atoms with Crippen molar-refractivity contribution in [2.24, 2.45) is 5.92 Å². The van der Waals surface area contributed by atoms with Gasteiger partial charge in [0.05, 0.1) is 5.92 Å². The zero-order chi connectivity index (χ0) is 20.2. The molecule has 0 spiro atoms. The molecule has 2 aromatic rings. The second-order valence-electron chi connectivity index (χ2n) is 7.74. The number of hydrogen-bond donors (Lipinski definition) is 1. The Bertz CT molecular complexity index is 934. The third kappa shape index (κ3) is 4.55.